The summed E-state index contributed by atoms with van der Waals surface area (Å²) in [5.74, 6) is 1.75. The SMILES string of the molecule is CCNC(=NCC1CN(C)CCN1C)NCCOc1ccccc1. The van der Waals surface area contributed by atoms with Gasteiger partial charge in [0.05, 0.1) is 13.1 Å². The summed E-state index contributed by atoms with van der Waals surface area (Å²) in [7, 11) is 4.36. The van der Waals surface area contributed by atoms with E-state index in [0.717, 1.165) is 51.0 Å². The van der Waals surface area contributed by atoms with Crippen molar-refractivity contribution in [2.75, 3.05) is 60.0 Å². The highest BCUT2D eigenvalue weighted by molar-refractivity contribution is 5.79. The van der Waals surface area contributed by atoms with E-state index >= 15 is 0 Å². The number of likely N-dealkylation sites (N-methyl/N-ethyl adjacent to an activating group) is 2. The molecule has 0 saturated carbocycles. The van der Waals surface area contributed by atoms with Crippen LogP contribution in [0.15, 0.2) is 35.3 Å². The van der Waals surface area contributed by atoms with Gasteiger partial charge in [0, 0.05) is 32.2 Å². The van der Waals surface area contributed by atoms with Gasteiger partial charge >= 0.3 is 0 Å². The Balaban J connectivity index is 1.75. The predicted octanol–water partition coefficient (Wildman–Crippen LogP) is 0.866. The van der Waals surface area contributed by atoms with Gasteiger partial charge in [-0.15, -0.1) is 0 Å². The van der Waals surface area contributed by atoms with E-state index in [1.165, 1.54) is 0 Å². The first-order valence-corrected chi connectivity index (χ1v) is 8.78. The van der Waals surface area contributed by atoms with E-state index in [-0.39, 0.29) is 0 Å². The van der Waals surface area contributed by atoms with Crippen molar-refractivity contribution in [1.82, 2.24) is 20.4 Å². The molecule has 134 valence electrons. The molecule has 1 aliphatic heterocycles. The Bertz CT molecular complexity index is 493. The van der Waals surface area contributed by atoms with E-state index in [4.69, 9.17) is 9.73 Å². The fourth-order valence-electron chi connectivity index (χ4n) is 2.69. The van der Waals surface area contributed by atoms with Crippen LogP contribution in [0.5, 0.6) is 5.75 Å². The molecule has 1 saturated heterocycles. The van der Waals surface area contributed by atoms with E-state index < -0.39 is 0 Å². The zero-order valence-electron chi connectivity index (χ0n) is 15.2. The highest BCUT2D eigenvalue weighted by atomic mass is 16.5. The van der Waals surface area contributed by atoms with Crippen LogP contribution in [0, 0.1) is 0 Å². The van der Waals surface area contributed by atoms with E-state index in [1.807, 2.05) is 30.3 Å². The van der Waals surface area contributed by atoms with Crippen molar-refractivity contribution < 1.29 is 4.74 Å². The molecular weight excluding hydrogens is 302 g/mol. The van der Waals surface area contributed by atoms with Crippen LogP contribution in [-0.4, -0.2) is 81.8 Å². The van der Waals surface area contributed by atoms with Crippen LogP contribution >= 0.6 is 0 Å². The van der Waals surface area contributed by atoms with Gasteiger partial charge in [0.2, 0.25) is 0 Å². The maximum atomic E-state index is 5.70. The number of para-hydroxylation sites is 1. The minimum absolute atomic E-state index is 0.472. The number of rotatable bonds is 7. The number of guanidine groups is 1. The van der Waals surface area contributed by atoms with Gasteiger partial charge in [0.15, 0.2) is 5.96 Å². The average molecular weight is 333 g/mol. The Labute approximate surface area is 145 Å². The first-order chi connectivity index (χ1) is 11.7. The van der Waals surface area contributed by atoms with Crippen LogP contribution in [0.25, 0.3) is 0 Å². The molecule has 1 unspecified atom stereocenters. The number of nitrogens with zero attached hydrogens (tertiary/aromatic N) is 3. The monoisotopic (exact) mass is 333 g/mol. The zero-order chi connectivity index (χ0) is 17.2. The largest absolute Gasteiger partial charge is 0.492 e. The normalized spacial score (nSPS) is 20.0. The first-order valence-electron chi connectivity index (χ1n) is 8.78. The van der Waals surface area contributed by atoms with Gasteiger partial charge in [-0.1, -0.05) is 18.2 Å². The maximum Gasteiger partial charge on any atom is 0.191 e. The predicted molar refractivity (Wildman–Crippen MR) is 99.8 cm³/mol. The van der Waals surface area contributed by atoms with Gasteiger partial charge in [-0.25, -0.2) is 0 Å². The van der Waals surface area contributed by atoms with Gasteiger partial charge in [-0.05, 0) is 33.2 Å². The minimum atomic E-state index is 0.472. The van der Waals surface area contributed by atoms with Crippen molar-refractivity contribution in [2.24, 2.45) is 4.99 Å². The number of ether oxygens (including phenoxy) is 1. The molecule has 1 atom stereocenters. The van der Waals surface area contributed by atoms with Crippen LogP contribution in [0.2, 0.25) is 0 Å². The molecule has 0 amide bonds. The summed E-state index contributed by atoms with van der Waals surface area (Å²) >= 11 is 0. The van der Waals surface area contributed by atoms with Crippen LogP contribution in [0.1, 0.15) is 6.92 Å². The molecule has 24 heavy (non-hydrogen) atoms. The van der Waals surface area contributed by atoms with E-state index in [1.54, 1.807) is 0 Å². The lowest BCUT2D eigenvalue weighted by molar-refractivity contribution is 0.119. The molecule has 0 radical (unpaired) electrons. The molecule has 0 aromatic heterocycles. The number of hydrogen-bond acceptors (Lipinski definition) is 4. The van der Waals surface area contributed by atoms with Gasteiger partial charge in [-0.2, -0.15) is 0 Å². The third-order valence-corrected chi connectivity index (χ3v) is 4.19. The Morgan fingerprint density at radius 2 is 2.00 bits per heavy atom. The topological polar surface area (TPSA) is 52.1 Å². The quantitative estimate of drug-likeness (QED) is 0.440. The second-order valence-corrected chi connectivity index (χ2v) is 6.20. The Morgan fingerprint density at radius 3 is 2.75 bits per heavy atom. The summed E-state index contributed by atoms with van der Waals surface area (Å²) in [6, 6.07) is 10.3. The second-order valence-electron chi connectivity index (χ2n) is 6.20. The number of benzene rings is 1. The summed E-state index contributed by atoms with van der Waals surface area (Å²) in [4.78, 5) is 9.50. The van der Waals surface area contributed by atoms with Crippen molar-refractivity contribution in [3.05, 3.63) is 30.3 Å². The summed E-state index contributed by atoms with van der Waals surface area (Å²) in [6.07, 6.45) is 0. The van der Waals surface area contributed by atoms with E-state index in [0.29, 0.717) is 12.6 Å². The lowest BCUT2D eigenvalue weighted by Gasteiger charge is -2.36. The van der Waals surface area contributed by atoms with Gasteiger partial charge in [-0.3, -0.25) is 9.89 Å². The van der Waals surface area contributed by atoms with Crippen LogP contribution < -0.4 is 15.4 Å². The lowest BCUT2D eigenvalue weighted by Crippen LogP contribution is -2.51. The zero-order valence-corrected chi connectivity index (χ0v) is 15.2. The fraction of sp³-hybridized carbons (Fsp3) is 0.611. The summed E-state index contributed by atoms with van der Waals surface area (Å²) in [5.41, 5.74) is 0. The summed E-state index contributed by atoms with van der Waals surface area (Å²) in [6.45, 7) is 8.37. The number of aliphatic imine (C=N–C) groups is 1. The summed E-state index contributed by atoms with van der Waals surface area (Å²) in [5, 5.41) is 6.64. The van der Waals surface area contributed by atoms with Crippen molar-refractivity contribution in [2.45, 2.75) is 13.0 Å². The smallest absolute Gasteiger partial charge is 0.191 e. The van der Waals surface area contributed by atoms with E-state index in [9.17, 15) is 0 Å². The Morgan fingerprint density at radius 1 is 1.21 bits per heavy atom. The van der Waals surface area contributed by atoms with Crippen molar-refractivity contribution in [3.8, 4) is 5.75 Å². The Hall–Kier alpha value is -1.79. The molecule has 1 aliphatic rings. The van der Waals surface area contributed by atoms with Gasteiger partial charge < -0.3 is 20.3 Å². The van der Waals surface area contributed by atoms with Crippen LogP contribution in [-0.2, 0) is 0 Å². The molecule has 0 bridgehead atoms. The number of nitrogens with one attached hydrogen (secondary N) is 2. The highest BCUT2D eigenvalue weighted by Crippen LogP contribution is 2.07. The molecule has 1 fully saturated rings. The minimum Gasteiger partial charge on any atom is -0.492 e. The van der Waals surface area contributed by atoms with Crippen LogP contribution in [0.3, 0.4) is 0 Å². The molecule has 0 spiro atoms. The molecule has 6 nitrogen and oxygen atoms in total. The molecule has 1 aromatic carbocycles. The maximum absolute atomic E-state index is 5.70. The molecule has 2 rings (SSSR count). The highest BCUT2D eigenvalue weighted by Gasteiger charge is 2.21. The Kier molecular flexibility index (Phi) is 7.85. The molecule has 6 heteroatoms. The second kappa shape index (κ2) is 10.2. The lowest BCUT2D eigenvalue weighted by atomic mass is 10.2. The van der Waals surface area contributed by atoms with E-state index in [2.05, 4.69) is 41.5 Å². The molecule has 2 N–H and O–H groups in total. The van der Waals surface area contributed by atoms with Gasteiger partial charge in [0.25, 0.3) is 0 Å². The number of hydrogen-bond donors (Lipinski definition) is 2. The van der Waals surface area contributed by atoms with Crippen molar-refractivity contribution in [1.29, 1.82) is 0 Å². The van der Waals surface area contributed by atoms with Crippen LogP contribution in [0.4, 0.5) is 0 Å². The van der Waals surface area contributed by atoms with Crippen molar-refractivity contribution >= 4 is 5.96 Å². The molecule has 1 aromatic rings. The third-order valence-electron chi connectivity index (χ3n) is 4.19. The standard InChI is InChI=1S/C18H31N5O/c1-4-19-18(20-10-13-24-17-8-6-5-7-9-17)21-14-16-15-22(2)11-12-23(16)3/h5-9,16H,4,10-15H2,1-3H3,(H2,19,20,21). The third kappa shape index (κ3) is 6.37. The average Bonchev–Trinajstić information content (AvgIpc) is 2.60. The first kappa shape index (κ1) is 18.5. The van der Waals surface area contributed by atoms with Gasteiger partial charge in [0.1, 0.15) is 12.4 Å². The van der Waals surface area contributed by atoms with Crippen molar-refractivity contribution in [3.63, 3.8) is 0 Å². The summed E-state index contributed by atoms with van der Waals surface area (Å²) < 4.78 is 5.70. The molecule has 0 aliphatic carbocycles. The molecular formula is C18H31N5O. The fourth-order valence-corrected chi connectivity index (χ4v) is 2.69. The molecule has 1 heterocycles. The number of piperazine rings is 1.